The van der Waals surface area contributed by atoms with E-state index in [9.17, 15) is 9.59 Å². The molecule has 0 radical (unpaired) electrons. The zero-order valence-corrected chi connectivity index (χ0v) is 11.1. The van der Waals surface area contributed by atoms with Crippen LogP contribution in [0.4, 0.5) is 0 Å². The maximum Gasteiger partial charge on any atom is 0.326 e. The zero-order chi connectivity index (χ0) is 13.5. The minimum Gasteiger partial charge on any atom is -0.480 e. The molecule has 18 heavy (non-hydrogen) atoms. The molecule has 104 valence electrons. The van der Waals surface area contributed by atoms with Gasteiger partial charge in [-0.15, -0.1) is 0 Å². The molecule has 1 aliphatic rings. The Morgan fingerprint density at radius 2 is 2.17 bits per heavy atom. The molecular weight excluding hydrogens is 234 g/mol. The number of hydrogen-bond donors (Lipinski definition) is 2. The highest BCUT2D eigenvalue weighted by molar-refractivity contribution is 5.83. The molecule has 1 aliphatic heterocycles. The molecule has 1 fully saturated rings. The summed E-state index contributed by atoms with van der Waals surface area (Å²) in [5.74, 6) is -0.674. The van der Waals surface area contributed by atoms with Gasteiger partial charge in [-0.3, -0.25) is 4.79 Å². The minimum atomic E-state index is -0.961. The Kier molecular flexibility index (Phi) is 6.12. The second-order valence-corrected chi connectivity index (χ2v) is 5.38. The van der Waals surface area contributed by atoms with Gasteiger partial charge in [-0.05, 0) is 31.1 Å². The summed E-state index contributed by atoms with van der Waals surface area (Å²) in [7, 11) is 0. The molecule has 0 spiro atoms. The van der Waals surface area contributed by atoms with Gasteiger partial charge in [0.05, 0.1) is 0 Å². The van der Waals surface area contributed by atoms with Crippen LogP contribution in [0, 0.1) is 11.8 Å². The molecule has 0 aromatic heterocycles. The Bertz CT molecular complexity index is 285. The van der Waals surface area contributed by atoms with Crippen molar-refractivity contribution in [2.45, 2.75) is 45.6 Å². The predicted molar refractivity (Wildman–Crippen MR) is 67.2 cm³/mol. The summed E-state index contributed by atoms with van der Waals surface area (Å²) in [5.41, 5.74) is 0. The summed E-state index contributed by atoms with van der Waals surface area (Å²) in [6, 6.07) is -0.776. The third-order valence-corrected chi connectivity index (χ3v) is 3.07. The van der Waals surface area contributed by atoms with Gasteiger partial charge < -0.3 is 15.2 Å². The van der Waals surface area contributed by atoms with Crippen molar-refractivity contribution in [2.24, 2.45) is 11.8 Å². The molecule has 5 nitrogen and oxygen atoms in total. The third kappa shape index (κ3) is 5.49. The topological polar surface area (TPSA) is 75.6 Å². The first-order valence-corrected chi connectivity index (χ1v) is 6.59. The van der Waals surface area contributed by atoms with E-state index in [1.807, 2.05) is 13.8 Å². The van der Waals surface area contributed by atoms with Gasteiger partial charge in [0.15, 0.2) is 0 Å². The number of nitrogens with one attached hydrogen (secondary N) is 1. The SMILES string of the molecule is CC(C)C[C@@H](NC(=O)CC1CCCOC1)C(=O)O. The monoisotopic (exact) mass is 257 g/mol. The van der Waals surface area contributed by atoms with E-state index in [0.29, 0.717) is 19.4 Å². The summed E-state index contributed by atoms with van der Waals surface area (Å²) in [6.07, 6.45) is 2.78. The van der Waals surface area contributed by atoms with Crippen LogP contribution >= 0.6 is 0 Å². The summed E-state index contributed by atoms with van der Waals surface area (Å²) in [6.45, 7) is 5.26. The van der Waals surface area contributed by atoms with Gasteiger partial charge in [0, 0.05) is 19.6 Å². The lowest BCUT2D eigenvalue weighted by atomic mass is 9.97. The fourth-order valence-electron chi connectivity index (χ4n) is 2.18. The Balaban J connectivity index is 2.37. The number of carboxylic acid groups (broad SMARTS) is 1. The smallest absolute Gasteiger partial charge is 0.326 e. The second kappa shape index (κ2) is 7.36. The third-order valence-electron chi connectivity index (χ3n) is 3.07. The Morgan fingerprint density at radius 1 is 1.44 bits per heavy atom. The van der Waals surface area contributed by atoms with Crippen LogP contribution < -0.4 is 5.32 Å². The van der Waals surface area contributed by atoms with Crippen LogP contribution in [0.1, 0.15) is 39.5 Å². The van der Waals surface area contributed by atoms with Gasteiger partial charge in [-0.25, -0.2) is 4.79 Å². The molecule has 0 bridgehead atoms. The first-order valence-electron chi connectivity index (χ1n) is 6.59. The summed E-state index contributed by atoms with van der Waals surface area (Å²) >= 11 is 0. The Morgan fingerprint density at radius 3 is 2.67 bits per heavy atom. The van der Waals surface area contributed by atoms with Gasteiger partial charge in [0.1, 0.15) is 6.04 Å². The van der Waals surface area contributed by atoms with Gasteiger partial charge in [0.25, 0.3) is 0 Å². The highest BCUT2D eigenvalue weighted by Crippen LogP contribution is 2.17. The van der Waals surface area contributed by atoms with Crippen molar-refractivity contribution in [3.05, 3.63) is 0 Å². The molecule has 2 N–H and O–H groups in total. The molecule has 1 saturated heterocycles. The Labute approximate surface area is 108 Å². The number of carbonyl (C=O) groups is 2. The lowest BCUT2D eigenvalue weighted by molar-refractivity contribution is -0.142. The summed E-state index contributed by atoms with van der Waals surface area (Å²) in [5, 5.41) is 11.6. The molecular formula is C13H23NO4. The minimum absolute atomic E-state index is 0.182. The lowest BCUT2D eigenvalue weighted by Gasteiger charge is -2.23. The first-order chi connectivity index (χ1) is 8.49. The zero-order valence-electron chi connectivity index (χ0n) is 11.1. The van der Waals surface area contributed by atoms with Gasteiger partial charge in [0.2, 0.25) is 5.91 Å². The Hall–Kier alpha value is -1.10. The lowest BCUT2D eigenvalue weighted by Crippen LogP contribution is -2.42. The molecule has 0 saturated carbocycles. The van der Waals surface area contributed by atoms with E-state index in [4.69, 9.17) is 9.84 Å². The molecule has 1 rings (SSSR count). The van der Waals surface area contributed by atoms with Crippen LogP contribution in [0.5, 0.6) is 0 Å². The van der Waals surface area contributed by atoms with Crippen molar-refractivity contribution in [2.75, 3.05) is 13.2 Å². The highest BCUT2D eigenvalue weighted by atomic mass is 16.5. The standard InChI is InChI=1S/C13H23NO4/c1-9(2)6-11(13(16)17)14-12(15)7-10-4-3-5-18-8-10/h9-11H,3-8H2,1-2H3,(H,14,15)(H,16,17)/t10?,11-/m1/s1. The van der Waals surface area contributed by atoms with Crippen molar-refractivity contribution >= 4 is 11.9 Å². The quantitative estimate of drug-likeness (QED) is 0.754. The van der Waals surface area contributed by atoms with E-state index in [2.05, 4.69) is 5.32 Å². The number of amides is 1. The average molecular weight is 257 g/mol. The number of ether oxygens (including phenoxy) is 1. The van der Waals surface area contributed by atoms with Crippen LogP contribution in [0.2, 0.25) is 0 Å². The van der Waals surface area contributed by atoms with E-state index in [1.165, 1.54) is 0 Å². The van der Waals surface area contributed by atoms with Gasteiger partial charge in [-0.2, -0.15) is 0 Å². The van der Waals surface area contributed by atoms with Crippen molar-refractivity contribution in [3.8, 4) is 0 Å². The molecule has 0 aromatic rings. The van der Waals surface area contributed by atoms with Gasteiger partial charge in [-0.1, -0.05) is 13.8 Å². The maximum atomic E-state index is 11.8. The van der Waals surface area contributed by atoms with Crippen LogP contribution in [0.25, 0.3) is 0 Å². The van der Waals surface area contributed by atoms with E-state index in [-0.39, 0.29) is 17.7 Å². The number of hydrogen-bond acceptors (Lipinski definition) is 3. The number of rotatable bonds is 6. The fourth-order valence-corrected chi connectivity index (χ4v) is 2.18. The average Bonchev–Trinajstić information content (AvgIpc) is 2.28. The maximum absolute atomic E-state index is 11.8. The van der Waals surface area contributed by atoms with E-state index in [1.54, 1.807) is 0 Å². The largest absolute Gasteiger partial charge is 0.480 e. The highest BCUT2D eigenvalue weighted by Gasteiger charge is 2.23. The molecule has 1 amide bonds. The summed E-state index contributed by atoms with van der Waals surface area (Å²) in [4.78, 5) is 22.8. The van der Waals surface area contributed by atoms with E-state index < -0.39 is 12.0 Å². The summed E-state index contributed by atoms with van der Waals surface area (Å²) < 4.78 is 5.30. The molecule has 0 aliphatic carbocycles. The molecule has 5 heteroatoms. The van der Waals surface area contributed by atoms with Crippen molar-refractivity contribution < 1.29 is 19.4 Å². The molecule has 1 unspecified atom stereocenters. The number of carbonyl (C=O) groups excluding carboxylic acids is 1. The normalized spacial score (nSPS) is 21.6. The van der Waals surface area contributed by atoms with Crippen molar-refractivity contribution in [1.82, 2.24) is 5.32 Å². The van der Waals surface area contributed by atoms with E-state index >= 15 is 0 Å². The first kappa shape index (κ1) is 15.0. The van der Waals surface area contributed by atoms with Crippen molar-refractivity contribution in [1.29, 1.82) is 0 Å². The molecule has 0 aromatic carbocycles. The predicted octanol–water partition coefficient (Wildman–Crippen LogP) is 1.42. The number of carboxylic acids is 1. The van der Waals surface area contributed by atoms with Crippen LogP contribution in [0.3, 0.4) is 0 Å². The van der Waals surface area contributed by atoms with Crippen LogP contribution in [0.15, 0.2) is 0 Å². The fraction of sp³-hybridized carbons (Fsp3) is 0.846. The number of aliphatic carboxylic acids is 1. The van der Waals surface area contributed by atoms with Crippen LogP contribution in [-0.4, -0.2) is 36.2 Å². The second-order valence-electron chi connectivity index (χ2n) is 5.38. The van der Waals surface area contributed by atoms with Crippen LogP contribution in [-0.2, 0) is 14.3 Å². The van der Waals surface area contributed by atoms with Crippen molar-refractivity contribution in [3.63, 3.8) is 0 Å². The molecule has 2 atom stereocenters. The van der Waals surface area contributed by atoms with Gasteiger partial charge >= 0.3 is 5.97 Å². The van der Waals surface area contributed by atoms with E-state index in [0.717, 1.165) is 19.4 Å². The molecule has 1 heterocycles.